The number of hydrogen-bond donors (Lipinski definition) is 0. The fourth-order valence-electron chi connectivity index (χ4n) is 4.83. The molecule has 0 aliphatic carbocycles. The molecular formula is C28H23ClN2O3. The molecule has 0 unspecified atom stereocenters. The SMILES string of the molecule is COc1ccc([C@@H]2Oc3ccc(Cl)cc3[C@H]3CC(c4ccc5ccccc5c4)=NN32)cc1OC. The number of fused-ring (bicyclic) bond motifs is 4. The number of hydrogen-bond acceptors (Lipinski definition) is 5. The minimum Gasteiger partial charge on any atom is -0.493 e. The molecule has 6 heteroatoms. The predicted molar refractivity (Wildman–Crippen MR) is 134 cm³/mol. The van der Waals surface area contributed by atoms with Crippen LogP contribution in [0.2, 0.25) is 5.02 Å². The third-order valence-corrected chi connectivity index (χ3v) is 6.76. The average molecular weight is 471 g/mol. The second kappa shape index (κ2) is 8.26. The highest BCUT2D eigenvalue weighted by Gasteiger charge is 2.41. The third kappa shape index (κ3) is 3.44. The summed E-state index contributed by atoms with van der Waals surface area (Å²) >= 11 is 6.37. The van der Waals surface area contributed by atoms with Gasteiger partial charge in [0.15, 0.2) is 11.5 Å². The number of rotatable bonds is 4. The Labute approximate surface area is 203 Å². The molecule has 0 radical (unpaired) electrons. The van der Waals surface area contributed by atoms with Gasteiger partial charge in [-0.3, -0.25) is 0 Å². The van der Waals surface area contributed by atoms with E-state index < -0.39 is 6.23 Å². The lowest BCUT2D eigenvalue weighted by Gasteiger charge is -2.38. The van der Waals surface area contributed by atoms with Crippen LogP contribution in [0.5, 0.6) is 17.2 Å². The molecule has 6 rings (SSSR count). The topological polar surface area (TPSA) is 43.3 Å². The van der Waals surface area contributed by atoms with E-state index >= 15 is 0 Å². The maximum absolute atomic E-state index is 6.48. The Balaban J connectivity index is 1.45. The summed E-state index contributed by atoms with van der Waals surface area (Å²) in [5.41, 5.74) is 4.12. The Kier molecular flexibility index (Phi) is 5.07. The van der Waals surface area contributed by atoms with Gasteiger partial charge in [-0.2, -0.15) is 5.10 Å². The van der Waals surface area contributed by atoms with Crippen LogP contribution in [0.3, 0.4) is 0 Å². The molecule has 0 N–H and O–H groups in total. The van der Waals surface area contributed by atoms with Gasteiger partial charge in [-0.05, 0) is 58.8 Å². The Morgan fingerprint density at radius 2 is 1.71 bits per heavy atom. The maximum atomic E-state index is 6.48. The van der Waals surface area contributed by atoms with Crippen molar-refractivity contribution in [2.45, 2.75) is 18.7 Å². The lowest BCUT2D eigenvalue weighted by Crippen LogP contribution is -2.33. The molecule has 0 fully saturated rings. The molecule has 0 amide bonds. The van der Waals surface area contributed by atoms with Crippen LogP contribution in [0.25, 0.3) is 10.8 Å². The van der Waals surface area contributed by atoms with Crippen LogP contribution in [0.15, 0.2) is 84.0 Å². The number of methoxy groups -OCH3 is 2. The molecule has 0 saturated carbocycles. The van der Waals surface area contributed by atoms with Crippen LogP contribution < -0.4 is 14.2 Å². The van der Waals surface area contributed by atoms with Crippen molar-refractivity contribution in [3.8, 4) is 17.2 Å². The second-order valence-electron chi connectivity index (χ2n) is 8.48. The first-order valence-electron chi connectivity index (χ1n) is 11.2. The molecule has 2 heterocycles. The van der Waals surface area contributed by atoms with E-state index in [2.05, 4.69) is 42.5 Å². The van der Waals surface area contributed by atoms with Gasteiger partial charge in [0.25, 0.3) is 0 Å². The molecule has 0 saturated heterocycles. The van der Waals surface area contributed by atoms with Crippen molar-refractivity contribution in [1.82, 2.24) is 5.01 Å². The van der Waals surface area contributed by atoms with Gasteiger partial charge in [-0.1, -0.05) is 48.0 Å². The first-order chi connectivity index (χ1) is 16.6. The largest absolute Gasteiger partial charge is 0.493 e. The third-order valence-electron chi connectivity index (χ3n) is 6.53. The Morgan fingerprint density at radius 1 is 0.882 bits per heavy atom. The Bertz CT molecular complexity index is 1430. The molecular weight excluding hydrogens is 448 g/mol. The highest BCUT2D eigenvalue weighted by Crippen LogP contribution is 2.49. The van der Waals surface area contributed by atoms with Gasteiger partial charge >= 0.3 is 0 Å². The fraction of sp³-hybridized carbons (Fsp3) is 0.179. The zero-order valence-electron chi connectivity index (χ0n) is 18.9. The summed E-state index contributed by atoms with van der Waals surface area (Å²) in [6.45, 7) is 0. The van der Waals surface area contributed by atoms with Crippen molar-refractivity contribution in [2.75, 3.05) is 14.2 Å². The molecule has 0 bridgehead atoms. The van der Waals surface area contributed by atoms with Crippen LogP contribution in [-0.2, 0) is 0 Å². The smallest absolute Gasteiger partial charge is 0.214 e. The quantitative estimate of drug-likeness (QED) is 0.331. The predicted octanol–water partition coefficient (Wildman–Crippen LogP) is 6.75. The maximum Gasteiger partial charge on any atom is 0.214 e. The van der Waals surface area contributed by atoms with E-state index in [9.17, 15) is 0 Å². The monoisotopic (exact) mass is 470 g/mol. The molecule has 4 aromatic carbocycles. The van der Waals surface area contributed by atoms with Gasteiger partial charge in [0.05, 0.1) is 26.0 Å². The minimum absolute atomic E-state index is 0.0158. The summed E-state index contributed by atoms with van der Waals surface area (Å²) in [6, 6.07) is 26.5. The normalized spacial score (nSPS) is 18.7. The number of benzene rings is 4. The van der Waals surface area contributed by atoms with Crippen molar-refractivity contribution in [2.24, 2.45) is 5.10 Å². The Hall–Kier alpha value is -3.70. The summed E-state index contributed by atoms with van der Waals surface area (Å²) in [7, 11) is 3.26. The highest BCUT2D eigenvalue weighted by atomic mass is 35.5. The number of nitrogens with zero attached hydrogens (tertiary/aromatic N) is 2. The van der Waals surface area contributed by atoms with Gasteiger partial charge in [-0.25, -0.2) is 5.01 Å². The van der Waals surface area contributed by atoms with Crippen molar-refractivity contribution >= 4 is 28.1 Å². The summed E-state index contributed by atoms with van der Waals surface area (Å²) in [5, 5.41) is 10.2. The fourth-order valence-corrected chi connectivity index (χ4v) is 5.01. The molecule has 170 valence electrons. The Morgan fingerprint density at radius 3 is 2.53 bits per heavy atom. The summed E-state index contributed by atoms with van der Waals surface area (Å²) in [6.07, 6.45) is 0.357. The molecule has 34 heavy (non-hydrogen) atoms. The zero-order valence-corrected chi connectivity index (χ0v) is 19.6. The van der Waals surface area contributed by atoms with Gasteiger partial charge in [-0.15, -0.1) is 0 Å². The van der Waals surface area contributed by atoms with E-state index in [0.29, 0.717) is 16.5 Å². The molecule has 4 aromatic rings. The van der Waals surface area contributed by atoms with Crippen LogP contribution >= 0.6 is 11.6 Å². The number of ether oxygens (including phenoxy) is 3. The molecule has 0 spiro atoms. The molecule has 2 aliphatic rings. The lowest BCUT2D eigenvalue weighted by atomic mass is 9.95. The van der Waals surface area contributed by atoms with Crippen molar-refractivity contribution in [1.29, 1.82) is 0 Å². The standard InChI is InChI=1S/C28H23ClN2O3/c1-32-26-11-9-20(14-27(26)33-2)28-31-24(22-15-21(29)10-12-25(22)34-28)16-23(30-31)19-8-7-17-5-3-4-6-18(17)13-19/h3-15,24,28H,16H2,1-2H3/t24-,28+/m1/s1. The molecule has 2 atom stereocenters. The van der Waals surface area contributed by atoms with Crippen LogP contribution in [-0.4, -0.2) is 24.9 Å². The van der Waals surface area contributed by atoms with Gasteiger partial charge in [0, 0.05) is 22.6 Å². The van der Waals surface area contributed by atoms with Crippen LogP contribution in [0.1, 0.15) is 35.4 Å². The first-order valence-corrected chi connectivity index (χ1v) is 11.6. The van der Waals surface area contributed by atoms with E-state index in [1.165, 1.54) is 10.8 Å². The number of hydrazone groups is 1. The summed E-state index contributed by atoms with van der Waals surface area (Å²) < 4.78 is 17.4. The van der Waals surface area contributed by atoms with Gasteiger partial charge in [0.1, 0.15) is 5.75 Å². The van der Waals surface area contributed by atoms with Gasteiger partial charge in [0.2, 0.25) is 6.23 Å². The average Bonchev–Trinajstić information content (AvgIpc) is 3.33. The van der Waals surface area contributed by atoms with E-state index in [1.807, 2.05) is 41.4 Å². The molecule has 0 aromatic heterocycles. The van der Waals surface area contributed by atoms with Crippen molar-refractivity contribution < 1.29 is 14.2 Å². The molecule has 5 nitrogen and oxygen atoms in total. The number of halogens is 1. The van der Waals surface area contributed by atoms with E-state index in [0.717, 1.165) is 34.6 Å². The first kappa shape index (κ1) is 20.9. The summed E-state index contributed by atoms with van der Waals surface area (Å²) in [5.74, 6) is 2.15. The van der Waals surface area contributed by atoms with Crippen LogP contribution in [0, 0.1) is 0 Å². The van der Waals surface area contributed by atoms with Crippen LogP contribution in [0.4, 0.5) is 0 Å². The highest BCUT2D eigenvalue weighted by molar-refractivity contribution is 6.30. The van der Waals surface area contributed by atoms with Crippen molar-refractivity contribution in [3.05, 3.63) is 101 Å². The van der Waals surface area contributed by atoms with E-state index in [4.69, 9.17) is 30.9 Å². The zero-order chi connectivity index (χ0) is 23.2. The van der Waals surface area contributed by atoms with E-state index in [-0.39, 0.29) is 6.04 Å². The lowest BCUT2D eigenvalue weighted by molar-refractivity contribution is -0.0191. The minimum atomic E-state index is -0.406. The summed E-state index contributed by atoms with van der Waals surface area (Å²) in [4.78, 5) is 0. The van der Waals surface area contributed by atoms with E-state index in [1.54, 1.807) is 14.2 Å². The van der Waals surface area contributed by atoms with Gasteiger partial charge < -0.3 is 14.2 Å². The molecule has 2 aliphatic heterocycles. The van der Waals surface area contributed by atoms with Crippen molar-refractivity contribution in [3.63, 3.8) is 0 Å². The second-order valence-corrected chi connectivity index (χ2v) is 8.91.